The normalized spacial score (nSPS) is 18.5. The molecule has 1 N–H and O–H groups in total. The van der Waals surface area contributed by atoms with Gasteiger partial charge in [-0.2, -0.15) is 13.2 Å². The Bertz CT molecular complexity index is 1280. The van der Waals surface area contributed by atoms with Crippen molar-refractivity contribution in [1.29, 1.82) is 0 Å². The number of carbonyl (C=O) groups is 2. The highest BCUT2D eigenvalue weighted by atomic mass is 19.4. The molecule has 2 aliphatic rings. The number of likely N-dealkylation sites (tertiary alicyclic amines) is 1. The number of nitrogens with one attached hydrogen (secondary N) is 1. The number of ether oxygens (including phenoxy) is 1. The number of aromatic amines is 1. The molecule has 2 aromatic carbocycles. The lowest BCUT2D eigenvalue weighted by Gasteiger charge is -2.42. The first-order valence-electron chi connectivity index (χ1n) is 12.7. The van der Waals surface area contributed by atoms with Crippen molar-refractivity contribution in [3.8, 4) is 0 Å². The molecule has 38 heavy (non-hydrogen) atoms. The fourth-order valence-electron chi connectivity index (χ4n) is 5.10. The van der Waals surface area contributed by atoms with Gasteiger partial charge in [0.25, 0.3) is 5.91 Å². The maximum atomic E-state index is 13.0. The number of piperazine rings is 1. The molecule has 2 amide bonds. The van der Waals surface area contributed by atoms with Crippen LogP contribution < -0.4 is 0 Å². The number of carbonyl (C=O) groups excluding carboxylic acids is 2. The number of rotatable bonds is 4. The minimum Gasteiger partial charge on any atom is -0.442 e. The average Bonchev–Trinajstić information content (AvgIpc) is 3.40. The van der Waals surface area contributed by atoms with E-state index in [1.54, 1.807) is 24.0 Å². The Morgan fingerprint density at radius 3 is 2.32 bits per heavy atom. The number of hydrogen-bond donors (Lipinski definition) is 1. The second-order valence-corrected chi connectivity index (χ2v) is 9.74. The molecule has 0 spiro atoms. The quantitative estimate of drug-likeness (QED) is 0.546. The molecule has 3 aromatic rings. The van der Waals surface area contributed by atoms with Crippen LogP contribution in [-0.2, 0) is 10.9 Å². The molecule has 5 rings (SSSR count). The van der Waals surface area contributed by atoms with E-state index in [9.17, 15) is 22.8 Å². The van der Waals surface area contributed by atoms with E-state index < -0.39 is 23.9 Å². The Morgan fingerprint density at radius 2 is 1.66 bits per heavy atom. The zero-order valence-electron chi connectivity index (χ0n) is 20.9. The summed E-state index contributed by atoms with van der Waals surface area (Å²) in [7, 11) is 0. The van der Waals surface area contributed by atoms with E-state index >= 15 is 0 Å². The van der Waals surface area contributed by atoms with Crippen LogP contribution in [0.2, 0.25) is 0 Å². The Hall–Kier alpha value is -3.67. The van der Waals surface area contributed by atoms with Gasteiger partial charge in [-0.1, -0.05) is 17.3 Å². The lowest BCUT2D eigenvalue weighted by Crippen LogP contribution is -2.54. The summed E-state index contributed by atoms with van der Waals surface area (Å²) in [6.07, 6.45) is -3.82. The van der Waals surface area contributed by atoms with E-state index in [1.165, 1.54) is 12.1 Å². The molecule has 2 fully saturated rings. The number of aromatic nitrogens is 3. The number of alkyl halides is 3. The van der Waals surface area contributed by atoms with Crippen molar-refractivity contribution in [3.63, 3.8) is 0 Å². The van der Waals surface area contributed by atoms with Crippen molar-refractivity contribution < 1.29 is 27.5 Å². The molecule has 1 unspecified atom stereocenters. The molecule has 2 aliphatic heterocycles. The number of hydrogen-bond acceptors (Lipinski definition) is 6. The van der Waals surface area contributed by atoms with Gasteiger partial charge < -0.3 is 14.5 Å². The highest BCUT2D eigenvalue weighted by Crippen LogP contribution is 2.30. The number of amides is 2. The van der Waals surface area contributed by atoms with E-state index in [0.29, 0.717) is 62.0 Å². The highest BCUT2D eigenvalue weighted by Gasteiger charge is 2.32. The molecule has 3 heterocycles. The van der Waals surface area contributed by atoms with Gasteiger partial charge in [-0.05, 0) is 55.7 Å². The standard InChI is InChI=1S/C26H29F3N6O3/c1-17(18-2-5-20(6-3-18)26(27,28)29)38-25(37)35-14-12-33(13-15-35)21-8-10-34(11-9-21)24(36)19-4-7-22-23(16-19)31-32-30-22/h2-7,16-17,21H,8-15H2,1H3,(H,30,31,32). The SMILES string of the molecule is CC(OC(=O)N1CCN(C2CCN(C(=O)c3ccc4[nH]nnc4c3)CC2)CC1)c1ccc(C(F)(F)F)cc1. The summed E-state index contributed by atoms with van der Waals surface area (Å²) in [5.41, 5.74) is 1.82. The molecule has 202 valence electrons. The zero-order valence-corrected chi connectivity index (χ0v) is 20.9. The van der Waals surface area contributed by atoms with Crippen LogP contribution in [0.5, 0.6) is 0 Å². The van der Waals surface area contributed by atoms with Crippen molar-refractivity contribution in [2.75, 3.05) is 39.3 Å². The number of piperidine rings is 1. The van der Waals surface area contributed by atoms with Crippen molar-refractivity contribution in [2.24, 2.45) is 0 Å². The maximum absolute atomic E-state index is 13.0. The highest BCUT2D eigenvalue weighted by molar-refractivity contribution is 5.97. The number of halogens is 3. The number of nitrogens with zero attached hydrogens (tertiary/aromatic N) is 5. The first-order valence-corrected chi connectivity index (χ1v) is 12.7. The molecule has 1 aromatic heterocycles. The minimum absolute atomic E-state index is 0.0110. The Balaban J connectivity index is 1.07. The third-order valence-electron chi connectivity index (χ3n) is 7.40. The Labute approximate surface area is 217 Å². The van der Waals surface area contributed by atoms with Crippen LogP contribution in [0, 0.1) is 0 Å². The van der Waals surface area contributed by atoms with E-state index in [-0.39, 0.29) is 5.91 Å². The van der Waals surface area contributed by atoms with Crippen LogP contribution in [0.15, 0.2) is 42.5 Å². The fraction of sp³-hybridized carbons (Fsp3) is 0.462. The van der Waals surface area contributed by atoms with E-state index in [1.807, 2.05) is 11.0 Å². The van der Waals surface area contributed by atoms with Gasteiger partial charge in [-0.25, -0.2) is 4.79 Å². The van der Waals surface area contributed by atoms with Gasteiger partial charge in [0, 0.05) is 50.9 Å². The number of fused-ring (bicyclic) bond motifs is 1. The molecule has 12 heteroatoms. The van der Waals surface area contributed by atoms with Gasteiger partial charge in [0.2, 0.25) is 0 Å². The number of benzene rings is 2. The van der Waals surface area contributed by atoms with Crippen LogP contribution in [-0.4, -0.2) is 87.4 Å². The van der Waals surface area contributed by atoms with Crippen molar-refractivity contribution in [1.82, 2.24) is 30.1 Å². The molecule has 9 nitrogen and oxygen atoms in total. The molecular weight excluding hydrogens is 501 g/mol. The third-order valence-corrected chi connectivity index (χ3v) is 7.40. The van der Waals surface area contributed by atoms with Crippen molar-refractivity contribution in [2.45, 2.75) is 38.1 Å². The second-order valence-electron chi connectivity index (χ2n) is 9.74. The topological polar surface area (TPSA) is 94.7 Å². The fourth-order valence-corrected chi connectivity index (χ4v) is 5.10. The van der Waals surface area contributed by atoms with Gasteiger partial charge in [0.05, 0.1) is 11.1 Å². The monoisotopic (exact) mass is 530 g/mol. The second kappa shape index (κ2) is 10.6. The van der Waals surface area contributed by atoms with Gasteiger partial charge in [-0.15, -0.1) is 5.10 Å². The van der Waals surface area contributed by atoms with E-state index in [4.69, 9.17) is 4.74 Å². The Kier molecular flexibility index (Phi) is 7.24. The summed E-state index contributed by atoms with van der Waals surface area (Å²) >= 11 is 0. The van der Waals surface area contributed by atoms with E-state index in [2.05, 4.69) is 20.3 Å². The molecular formula is C26H29F3N6O3. The number of H-pyrrole nitrogens is 1. The largest absolute Gasteiger partial charge is 0.442 e. The molecule has 0 saturated carbocycles. The van der Waals surface area contributed by atoms with Crippen LogP contribution in [0.3, 0.4) is 0 Å². The lowest BCUT2D eigenvalue weighted by atomic mass is 10.0. The minimum atomic E-state index is -4.41. The zero-order chi connectivity index (χ0) is 26.9. The van der Waals surface area contributed by atoms with E-state index in [0.717, 1.165) is 30.5 Å². The summed E-state index contributed by atoms with van der Waals surface area (Å²) in [5.74, 6) is -0.0110. The molecule has 2 saturated heterocycles. The summed E-state index contributed by atoms with van der Waals surface area (Å²) in [5, 5.41) is 10.5. The molecule has 1 atom stereocenters. The van der Waals surface area contributed by atoms with Crippen LogP contribution in [0.25, 0.3) is 11.0 Å². The van der Waals surface area contributed by atoms with Crippen molar-refractivity contribution in [3.05, 3.63) is 59.2 Å². The van der Waals surface area contributed by atoms with Gasteiger partial charge in [0.15, 0.2) is 0 Å². The lowest BCUT2D eigenvalue weighted by molar-refractivity contribution is -0.137. The summed E-state index contributed by atoms with van der Waals surface area (Å²) in [6, 6.07) is 10.3. The molecule has 0 bridgehead atoms. The maximum Gasteiger partial charge on any atom is 0.416 e. The van der Waals surface area contributed by atoms with Crippen LogP contribution >= 0.6 is 0 Å². The van der Waals surface area contributed by atoms with Crippen molar-refractivity contribution >= 4 is 23.0 Å². The van der Waals surface area contributed by atoms with Gasteiger partial charge in [-0.3, -0.25) is 14.8 Å². The predicted molar refractivity (Wildman–Crippen MR) is 132 cm³/mol. The first-order chi connectivity index (χ1) is 18.2. The summed E-state index contributed by atoms with van der Waals surface area (Å²) < 4.78 is 43.9. The molecule has 0 aliphatic carbocycles. The van der Waals surface area contributed by atoms with Crippen LogP contribution in [0.1, 0.15) is 47.4 Å². The summed E-state index contributed by atoms with van der Waals surface area (Å²) in [6.45, 7) is 5.39. The first kappa shape index (κ1) is 26.0. The van der Waals surface area contributed by atoms with Crippen LogP contribution in [0.4, 0.5) is 18.0 Å². The average molecular weight is 531 g/mol. The third kappa shape index (κ3) is 5.59. The van der Waals surface area contributed by atoms with Gasteiger partial charge in [0.1, 0.15) is 11.6 Å². The molecule has 0 radical (unpaired) electrons. The smallest absolute Gasteiger partial charge is 0.416 e. The summed E-state index contributed by atoms with van der Waals surface area (Å²) in [4.78, 5) is 31.5. The Morgan fingerprint density at radius 1 is 0.974 bits per heavy atom. The predicted octanol–water partition coefficient (Wildman–Crippen LogP) is 4.10. The van der Waals surface area contributed by atoms with Gasteiger partial charge >= 0.3 is 12.3 Å².